The summed E-state index contributed by atoms with van der Waals surface area (Å²) in [6.45, 7) is 1.97. The highest BCUT2D eigenvalue weighted by atomic mass is 35.5. The average Bonchev–Trinajstić information content (AvgIpc) is 2.17. The summed E-state index contributed by atoms with van der Waals surface area (Å²) in [5, 5.41) is 0.584. The summed E-state index contributed by atoms with van der Waals surface area (Å²) < 4.78 is 0. The molecule has 0 saturated carbocycles. The molecule has 3 heteroatoms. The van der Waals surface area contributed by atoms with Crippen molar-refractivity contribution in [3.05, 3.63) is 28.0 Å². The van der Waals surface area contributed by atoms with Crippen molar-refractivity contribution in [3.8, 4) is 0 Å². The highest BCUT2D eigenvalue weighted by Gasteiger charge is 2.18. The standard InChI is InChI=1S/C11H15ClN2/c1-7(13)10-9-5-3-2-4-8(9)6-14-11(10)12/h6-7H,2-5,13H2,1H3/t7-/m1/s1. The van der Waals surface area contributed by atoms with Crippen LogP contribution in [0.25, 0.3) is 0 Å². The number of rotatable bonds is 1. The van der Waals surface area contributed by atoms with Crippen molar-refractivity contribution in [1.29, 1.82) is 0 Å². The number of halogens is 1. The maximum absolute atomic E-state index is 6.07. The van der Waals surface area contributed by atoms with Crippen LogP contribution < -0.4 is 5.73 Å². The van der Waals surface area contributed by atoms with Crippen LogP contribution in [0, 0.1) is 0 Å². The summed E-state index contributed by atoms with van der Waals surface area (Å²) in [6, 6.07) is -0.0111. The molecule has 1 aromatic rings. The molecule has 0 aromatic carbocycles. The Morgan fingerprint density at radius 1 is 1.43 bits per heavy atom. The molecule has 0 unspecified atom stereocenters. The van der Waals surface area contributed by atoms with Gasteiger partial charge in [-0.3, -0.25) is 0 Å². The summed E-state index contributed by atoms with van der Waals surface area (Å²) in [4.78, 5) is 4.20. The topological polar surface area (TPSA) is 38.9 Å². The van der Waals surface area contributed by atoms with Gasteiger partial charge in [0.25, 0.3) is 0 Å². The Morgan fingerprint density at radius 2 is 2.14 bits per heavy atom. The molecule has 0 saturated heterocycles. The van der Waals surface area contributed by atoms with E-state index in [9.17, 15) is 0 Å². The lowest BCUT2D eigenvalue weighted by Crippen LogP contribution is -2.14. The van der Waals surface area contributed by atoms with Gasteiger partial charge < -0.3 is 5.73 Å². The van der Waals surface area contributed by atoms with Gasteiger partial charge in [0.2, 0.25) is 0 Å². The Labute approximate surface area is 89.5 Å². The predicted octanol–water partition coefficient (Wildman–Crippen LogP) is 2.63. The lowest BCUT2D eigenvalue weighted by Gasteiger charge is -2.21. The number of nitrogens with two attached hydrogens (primary N) is 1. The van der Waals surface area contributed by atoms with Crippen molar-refractivity contribution in [2.45, 2.75) is 38.6 Å². The molecule has 2 nitrogen and oxygen atoms in total. The first-order valence-electron chi connectivity index (χ1n) is 5.12. The molecule has 0 fully saturated rings. The van der Waals surface area contributed by atoms with E-state index in [0.29, 0.717) is 5.15 Å². The summed E-state index contributed by atoms with van der Waals surface area (Å²) in [5.74, 6) is 0. The molecule has 1 aliphatic rings. The summed E-state index contributed by atoms with van der Waals surface area (Å²) >= 11 is 6.07. The van der Waals surface area contributed by atoms with Crippen LogP contribution >= 0.6 is 11.6 Å². The Kier molecular flexibility index (Phi) is 2.75. The molecule has 1 aliphatic carbocycles. The zero-order chi connectivity index (χ0) is 10.1. The molecular weight excluding hydrogens is 196 g/mol. The van der Waals surface area contributed by atoms with Gasteiger partial charge in [0.05, 0.1) is 0 Å². The summed E-state index contributed by atoms with van der Waals surface area (Å²) in [6.07, 6.45) is 6.64. The van der Waals surface area contributed by atoms with Gasteiger partial charge in [-0.15, -0.1) is 0 Å². The van der Waals surface area contributed by atoms with Gasteiger partial charge in [-0.2, -0.15) is 0 Å². The molecular formula is C11H15ClN2. The molecule has 14 heavy (non-hydrogen) atoms. The fourth-order valence-electron chi connectivity index (χ4n) is 2.17. The van der Waals surface area contributed by atoms with E-state index in [1.54, 1.807) is 0 Å². The second-order valence-corrected chi connectivity index (χ2v) is 4.32. The molecule has 76 valence electrons. The molecule has 0 spiro atoms. The molecule has 1 heterocycles. The van der Waals surface area contributed by atoms with Gasteiger partial charge in [0.1, 0.15) is 5.15 Å². The minimum absolute atomic E-state index is 0.0111. The third kappa shape index (κ3) is 1.64. The van der Waals surface area contributed by atoms with Gasteiger partial charge in [0.15, 0.2) is 0 Å². The molecule has 2 rings (SSSR count). The van der Waals surface area contributed by atoms with Crippen LogP contribution in [0.4, 0.5) is 0 Å². The minimum Gasteiger partial charge on any atom is -0.324 e. The predicted molar refractivity (Wildman–Crippen MR) is 58.5 cm³/mol. The number of aromatic nitrogens is 1. The first kappa shape index (κ1) is 9.94. The first-order chi connectivity index (χ1) is 6.70. The third-order valence-electron chi connectivity index (χ3n) is 2.85. The highest BCUT2D eigenvalue weighted by molar-refractivity contribution is 6.30. The van der Waals surface area contributed by atoms with E-state index in [4.69, 9.17) is 17.3 Å². The second kappa shape index (κ2) is 3.87. The maximum Gasteiger partial charge on any atom is 0.134 e. The maximum atomic E-state index is 6.07. The van der Waals surface area contributed by atoms with Crippen molar-refractivity contribution in [2.24, 2.45) is 5.73 Å². The largest absolute Gasteiger partial charge is 0.324 e. The molecule has 1 aromatic heterocycles. The van der Waals surface area contributed by atoms with Crippen molar-refractivity contribution in [2.75, 3.05) is 0 Å². The van der Waals surface area contributed by atoms with E-state index in [1.807, 2.05) is 13.1 Å². The zero-order valence-electron chi connectivity index (χ0n) is 8.39. The average molecular weight is 211 g/mol. The first-order valence-corrected chi connectivity index (χ1v) is 5.49. The van der Waals surface area contributed by atoms with E-state index in [2.05, 4.69) is 4.98 Å². The Balaban J connectivity index is 2.55. The smallest absolute Gasteiger partial charge is 0.134 e. The number of pyridine rings is 1. The number of hydrogen-bond donors (Lipinski definition) is 1. The van der Waals surface area contributed by atoms with E-state index >= 15 is 0 Å². The molecule has 1 atom stereocenters. The van der Waals surface area contributed by atoms with Crippen molar-refractivity contribution in [1.82, 2.24) is 4.98 Å². The van der Waals surface area contributed by atoms with E-state index in [1.165, 1.54) is 24.0 Å². The third-order valence-corrected chi connectivity index (χ3v) is 3.15. The monoisotopic (exact) mass is 210 g/mol. The summed E-state index contributed by atoms with van der Waals surface area (Å²) in [5.41, 5.74) is 9.67. The van der Waals surface area contributed by atoms with Crippen LogP contribution in [0.2, 0.25) is 5.15 Å². The SMILES string of the molecule is C[C@@H](N)c1c(Cl)ncc2c1CCCC2. The molecule has 0 radical (unpaired) electrons. The highest BCUT2D eigenvalue weighted by Crippen LogP contribution is 2.30. The number of fused-ring (bicyclic) bond motifs is 1. The van der Waals surface area contributed by atoms with Crippen molar-refractivity contribution in [3.63, 3.8) is 0 Å². The Hall–Kier alpha value is -0.600. The number of nitrogens with zero attached hydrogens (tertiary/aromatic N) is 1. The van der Waals surface area contributed by atoms with Gasteiger partial charge in [0, 0.05) is 17.8 Å². The number of hydrogen-bond acceptors (Lipinski definition) is 2. The van der Waals surface area contributed by atoms with Crippen LogP contribution in [-0.2, 0) is 12.8 Å². The van der Waals surface area contributed by atoms with Crippen LogP contribution in [0.1, 0.15) is 42.5 Å². The van der Waals surface area contributed by atoms with Gasteiger partial charge in [-0.05, 0) is 43.7 Å². The van der Waals surface area contributed by atoms with Crippen LogP contribution in [0.5, 0.6) is 0 Å². The zero-order valence-corrected chi connectivity index (χ0v) is 9.14. The van der Waals surface area contributed by atoms with Crippen molar-refractivity contribution < 1.29 is 0 Å². The molecule has 2 N–H and O–H groups in total. The van der Waals surface area contributed by atoms with E-state index in [0.717, 1.165) is 18.4 Å². The molecule has 0 aliphatic heterocycles. The van der Waals surface area contributed by atoms with Crippen LogP contribution in [0.15, 0.2) is 6.20 Å². The normalized spacial score (nSPS) is 17.6. The Bertz CT molecular complexity index is 347. The van der Waals surface area contributed by atoms with E-state index < -0.39 is 0 Å². The fourth-order valence-corrected chi connectivity index (χ4v) is 2.51. The summed E-state index contributed by atoms with van der Waals surface area (Å²) in [7, 11) is 0. The molecule has 0 amide bonds. The van der Waals surface area contributed by atoms with Crippen LogP contribution in [-0.4, -0.2) is 4.98 Å². The van der Waals surface area contributed by atoms with Gasteiger partial charge in [-0.25, -0.2) is 4.98 Å². The van der Waals surface area contributed by atoms with Crippen LogP contribution in [0.3, 0.4) is 0 Å². The quantitative estimate of drug-likeness (QED) is 0.724. The molecule has 0 bridgehead atoms. The Morgan fingerprint density at radius 3 is 2.86 bits per heavy atom. The lowest BCUT2D eigenvalue weighted by molar-refractivity contribution is 0.661. The van der Waals surface area contributed by atoms with Crippen molar-refractivity contribution >= 4 is 11.6 Å². The van der Waals surface area contributed by atoms with Gasteiger partial charge >= 0.3 is 0 Å². The second-order valence-electron chi connectivity index (χ2n) is 3.96. The number of aryl methyl sites for hydroxylation is 1. The lowest BCUT2D eigenvalue weighted by atomic mass is 9.88. The van der Waals surface area contributed by atoms with E-state index in [-0.39, 0.29) is 6.04 Å². The van der Waals surface area contributed by atoms with Gasteiger partial charge in [-0.1, -0.05) is 11.6 Å². The minimum atomic E-state index is -0.0111. The fraction of sp³-hybridized carbons (Fsp3) is 0.545.